The zero-order valence-electron chi connectivity index (χ0n) is 15.3. The van der Waals surface area contributed by atoms with E-state index in [9.17, 15) is 14.9 Å². The summed E-state index contributed by atoms with van der Waals surface area (Å²) < 4.78 is 5.67. The molecule has 9 heteroatoms. The first-order valence-electron chi connectivity index (χ1n) is 8.74. The maximum absolute atomic E-state index is 12.1. The highest BCUT2D eigenvalue weighted by Gasteiger charge is 2.12. The number of aromatic nitrogens is 2. The Kier molecular flexibility index (Phi) is 5.23. The summed E-state index contributed by atoms with van der Waals surface area (Å²) in [6.07, 6.45) is 4.40. The SMILES string of the molecule is O=C(/C=C/c1ccc(Cl)c([N+](=O)[O-])c1)Nc1ccc(-c2nc3ncccc3o2)cc1. The number of nitro benzene ring substituents is 1. The van der Waals surface area contributed by atoms with Gasteiger partial charge < -0.3 is 9.73 Å². The molecule has 30 heavy (non-hydrogen) atoms. The lowest BCUT2D eigenvalue weighted by Crippen LogP contribution is -2.07. The number of anilines is 1. The molecule has 0 saturated carbocycles. The Labute approximate surface area is 175 Å². The van der Waals surface area contributed by atoms with E-state index >= 15 is 0 Å². The largest absolute Gasteiger partial charge is 0.434 e. The van der Waals surface area contributed by atoms with Crippen molar-refractivity contribution in [2.24, 2.45) is 0 Å². The Hall–Kier alpha value is -4.04. The number of carbonyl (C=O) groups excluding carboxylic acids is 1. The topological polar surface area (TPSA) is 111 Å². The number of nitrogens with zero attached hydrogens (tertiary/aromatic N) is 3. The van der Waals surface area contributed by atoms with E-state index in [0.29, 0.717) is 28.4 Å². The summed E-state index contributed by atoms with van der Waals surface area (Å²) in [5, 5.41) is 13.7. The number of benzene rings is 2. The van der Waals surface area contributed by atoms with Crippen LogP contribution >= 0.6 is 11.6 Å². The summed E-state index contributed by atoms with van der Waals surface area (Å²) in [7, 11) is 0. The quantitative estimate of drug-likeness (QED) is 0.273. The van der Waals surface area contributed by atoms with Crippen molar-refractivity contribution in [3.63, 3.8) is 0 Å². The van der Waals surface area contributed by atoms with Crippen LogP contribution in [0.1, 0.15) is 5.56 Å². The zero-order chi connectivity index (χ0) is 21.1. The Balaban J connectivity index is 1.44. The molecule has 0 aliphatic rings. The lowest BCUT2D eigenvalue weighted by molar-refractivity contribution is -0.384. The van der Waals surface area contributed by atoms with Gasteiger partial charge in [-0.05, 0) is 54.1 Å². The number of halogens is 1. The highest BCUT2D eigenvalue weighted by Crippen LogP contribution is 2.26. The van der Waals surface area contributed by atoms with Gasteiger partial charge in [-0.15, -0.1) is 0 Å². The van der Waals surface area contributed by atoms with Gasteiger partial charge >= 0.3 is 0 Å². The fourth-order valence-corrected chi connectivity index (χ4v) is 2.90. The molecule has 1 amide bonds. The maximum Gasteiger partial charge on any atom is 0.288 e. The first-order chi connectivity index (χ1) is 14.5. The average Bonchev–Trinajstić information content (AvgIpc) is 3.18. The number of hydrogen-bond acceptors (Lipinski definition) is 6. The summed E-state index contributed by atoms with van der Waals surface area (Å²) in [6.45, 7) is 0. The predicted octanol–water partition coefficient (Wildman–Crippen LogP) is 5.10. The highest BCUT2D eigenvalue weighted by atomic mass is 35.5. The van der Waals surface area contributed by atoms with Gasteiger partial charge in [-0.25, -0.2) is 4.98 Å². The van der Waals surface area contributed by atoms with Crippen LogP contribution in [0.3, 0.4) is 0 Å². The lowest BCUT2D eigenvalue weighted by Gasteiger charge is -2.03. The number of rotatable bonds is 5. The van der Waals surface area contributed by atoms with Gasteiger partial charge in [-0.3, -0.25) is 14.9 Å². The molecule has 0 saturated heterocycles. The van der Waals surface area contributed by atoms with Gasteiger partial charge in [0.2, 0.25) is 11.8 Å². The summed E-state index contributed by atoms with van der Waals surface area (Å²) >= 11 is 5.78. The Morgan fingerprint density at radius 3 is 2.70 bits per heavy atom. The minimum absolute atomic E-state index is 0.0383. The molecule has 0 fully saturated rings. The molecule has 2 heterocycles. The first-order valence-corrected chi connectivity index (χ1v) is 9.12. The van der Waals surface area contributed by atoms with Crippen LogP contribution in [0, 0.1) is 10.1 Å². The van der Waals surface area contributed by atoms with Crippen molar-refractivity contribution >= 4 is 46.2 Å². The third-order valence-electron chi connectivity index (χ3n) is 4.16. The number of carbonyl (C=O) groups is 1. The van der Waals surface area contributed by atoms with E-state index < -0.39 is 4.92 Å². The molecule has 148 valence electrons. The fraction of sp³-hybridized carbons (Fsp3) is 0. The molecule has 2 aromatic carbocycles. The van der Waals surface area contributed by atoms with Crippen LogP contribution in [0.2, 0.25) is 5.02 Å². The maximum atomic E-state index is 12.1. The normalized spacial score (nSPS) is 11.1. The van der Waals surface area contributed by atoms with Crippen LogP contribution in [0.15, 0.2) is 71.3 Å². The lowest BCUT2D eigenvalue weighted by atomic mass is 10.2. The second kappa shape index (κ2) is 8.14. The molecular weight excluding hydrogens is 408 g/mol. The monoisotopic (exact) mass is 420 g/mol. The first kappa shape index (κ1) is 19.3. The molecule has 4 rings (SSSR count). The summed E-state index contributed by atoms with van der Waals surface area (Å²) in [5.41, 5.74) is 2.71. The second-order valence-corrected chi connectivity index (χ2v) is 6.62. The van der Waals surface area contributed by atoms with Crippen molar-refractivity contribution in [1.82, 2.24) is 9.97 Å². The summed E-state index contributed by atoms with van der Waals surface area (Å²) in [6, 6.07) is 14.8. The molecular formula is C21H13ClN4O4. The minimum Gasteiger partial charge on any atom is -0.434 e. The van der Waals surface area contributed by atoms with E-state index in [1.165, 1.54) is 24.3 Å². The second-order valence-electron chi connectivity index (χ2n) is 6.21. The third kappa shape index (κ3) is 4.18. The number of fused-ring (bicyclic) bond motifs is 1. The van der Waals surface area contributed by atoms with E-state index in [0.717, 1.165) is 5.56 Å². The number of hydrogen-bond donors (Lipinski definition) is 1. The van der Waals surface area contributed by atoms with Gasteiger partial charge in [0.1, 0.15) is 5.02 Å². The minimum atomic E-state index is -0.575. The Morgan fingerprint density at radius 1 is 1.17 bits per heavy atom. The fourth-order valence-electron chi connectivity index (χ4n) is 2.72. The number of nitro groups is 1. The van der Waals surface area contributed by atoms with Gasteiger partial charge in [0.25, 0.3) is 5.69 Å². The van der Waals surface area contributed by atoms with Gasteiger partial charge in [0, 0.05) is 29.6 Å². The number of oxazole rings is 1. The molecule has 0 atom stereocenters. The smallest absolute Gasteiger partial charge is 0.288 e. The van der Waals surface area contributed by atoms with Crippen molar-refractivity contribution in [3.8, 4) is 11.5 Å². The Bertz CT molecular complexity index is 1250. The van der Waals surface area contributed by atoms with E-state index in [1.54, 1.807) is 48.7 Å². The van der Waals surface area contributed by atoms with Crippen LogP contribution in [0.5, 0.6) is 0 Å². The van der Waals surface area contributed by atoms with Gasteiger partial charge in [0.15, 0.2) is 11.2 Å². The van der Waals surface area contributed by atoms with E-state index in [1.807, 2.05) is 0 Å². The molecule has 0 aliphatic carbocycles. The van der Waals surface area contributed by atoms with Crippen molar-refractivity contribution in [2.75, 3.05) is 5.32 Å². The molecule has 0 unspecified atom stereocenters. The molecule has 0 radical (unpaired) electrons. The number of pyridine rings is 1. The standard InChI is InChI=1S/C21H13ClN4O4/c22-16-9-3-13(12-17(16)26(28)29)4-10-19(27)24-15-7-5-14(6-8-15)21-25-20-18(30-21)2-1-11-23-20/h1-12H,(H,24,27)/b10-4+. The summed E-state index contributed by atoms with van der Waals surface area (Å²) in [5.74, 6) is 0.0530. The molecule has 1 N–H and O–H groups in total. The third-order valence-corrected chi connectivity index (χ3v) is 4.48. The van der Waals surface area contributed by atoms with Crippen LogP contribution < -0.4 is 5.32 Å². The Morgan fingerprint density at radius 2 is 1.97 bits per heavy atom. The molecule has 2 aromatic heterocycles. The van der Waals surface area contributed by atoms with Crippen LogP contribution in [-0.4, -0.2) is 20.8 Å². The highest BCUT2D eigenvalue weighted by molar-refractivity contribution is 6.32. The van der Waals surface area contributed by atoms with Crippen LogP contribution in [0.25, 0.3) is 28.8 Å². The average molecular weight is 421 g/mol. The molecule has 0 aliphatic heterocycles. The zero-order valence-corrected chi connectivity index (χ0v) is 16.0. The molecule has 4 aromatic rings. The van der Waals surface area contributed by atoms with Gasteiger partial charge in [0.05, 0.1) is 4.92 Å². The predicted molar refractivity (Wildman–Crippen MR) is 113 cm³/mol. The van der Waals surface area contributed by atoms with E-state index in [-0.39, 0.29) is 16.6 Å². The van der Waals surface area contributed by atoms with Crippen molar-refractivity contribution in [3.05, 3.63) is 87.6 Å². The van der Waals surface area contributed by atoms with Gasteiger partial charge in [-0.2, -0.15) is 4.98 Å². The van der Waals surface area contributed by atoms with Crippen LogP contribution in [-0.2, 0) is 4.79 Å². The molecule has 0 spiro atoms. The summed E-state index contributed by atoms with van der Waals surface area (Å²) in [4.78, 5) is 31.0. The van der Waals surface area contributed by atoms with Crippen LogP contribution in [0.4, 0.5) is 11.4 Å². The van der Waals surface area contributed by atoms with E-state index in [2.05, 4.69) is 15.3 Å². The number of nitrogens with one attached hydrogen (secondary N) is 1. The molecule has 0 bridgehead atoms. The van der Waals surface area contributed by atoms with Gasteiger partial charge in [-0.1, -0.05) is 17.7 Å². The van der Waals surface area contributed by atoms with Crippen molar-refractivity contribution < 1.29 is 14.1 Å². The molecule has 8 nitrogen and oxygen atoms in total. The van der Waals surface area contributed by atoms with E-state index in [4.69, 9.17) is 16.0 Å². The van der Waals surface area contributed by atoms with Crippen molar-refractivity contribution in [2.45, 2.75) is 0 Å². The number of amides is 1. The van der Waals surface area contributed by atoms with Crippen molar-refractivity contribution in [1.29, 1.82) is 0 Å².